The Labute approximate surface area is 112 Å². The van der Waals surface area contributed by atoms with E-state index in [1.807, 2.05) is 24.1 Å². The van der Waals surface area contributed by atoms with Crippen LogP contribution in [0.25, 0.3) is 0 Å². The minimum atomic E-state index is 0.333. The van der Waals surface area contributed by atoms with Crippen LogP contribution >= 0.6 is 11.3 Å². The van der Waals surface area contributed by atoms with E-state index in [1.165, 1.54) is 10.4 Å². The van der Waals surface area contributed by atoms with Crippen molar-refractivity contribution in [3.63, 3.8) is 0 Å². The Morgan fingerprint density at radius 2 is 2.06 bits per heavy atom. The summed E-state index contributed by atoms with van der Waals surface area (Å²) >= 11 is 1.72. The Morgan fingerprint density at radius 3 is 2.67 bits per heavy atom. The molecule has 0 amide bonds. The van der Waals surface area contributed by atoms with E-state index in [2.05, 4.69) is 41.3 Å². The highest BCUT2D eigenvalue weighted by Gasteiger charge is 2.21. The summed E-state index contributed by atoms with van der Waals surface area (Å²) in [6.07, 6.45) is 6.82. The smallest absolute Gasteiger partial charge is 0.0794 e. The van der Waals surface area contributed by atoms with Gasteiger partial charge in [0.05, 0.1) is 5.51 Å². The molecule has 0 spiro atoms. The van der Waals surface area contributed by atoms with Crippen LogP contribution in [-0.4, -0.2) is 16.5 Å². The largest absolute Gasteiger partial charge is 0.309 e. The molecule has 0 saturated heterocycles. The van der Waals surface area contributed by atoms with Crippen LogP contribution in [-0.2, 0) is 0 Å². The van der Waals surface area contributed by atoms with Crippen LogP contribution in [0.2, 0.25) is 0 Å². The van der Waals surface area contributed by atoms with Gasteiger partial charge in [-0.2, -0.15) is 0 Å². The fourth-order valence-electron chi connectivity index (χ4n) is 2.06. The van der Waals surface area contributed by atoms with E-state index in [-0.39, 0.29) is 0 Å². The van der Waals surface area contributed by atoms with Gasteiger partial charge in [0.1, 0.15) is 0 Å². The van der Waals surface area contributed by atoms with Gasteiger partial charge >= 0.3 is 0 Å². The SMILES string of the molecule is CCCNC(c1cncs1)C(C)c1ccncc1. The van der Waals surface area contributed by atoms with E-state index in [1.54, 1.807) is 11.3 Å². The lowest BCUT2D eigenvalue weighted by Gasteiger charge is -2.24. The molecule has 0 aliphatic heterocycles. The van der Waals surface area contributed by atoms with E-state index in [0.29, 0.717) is 12.0 Å². The third-order valence-electron chi connectivity index (χ3n) is 3.10. The average Bonchev–Trinajstić information content (AvgIpc) is 2.94. The molecule has 2 aromatic heterocycles. The van der Waals surface area contributed by atoms with Crippen LogP contribution in [0.15, 0.2) is 36.2 Å². The Hall–Kier alpha value is -1.26. The average molecular weight is 261 g/mol. The third kappa shape index (κ3) is 3.15. The minimum Gasteiger partial charge on any atom is -0.309 e. The lowest BCUT2D eigenvalue weighted by Crippen LogP contribution is -2.26. The zero-order valence-corrected chi connectivity index (χ0v) is 11.7. The summed E-state index contributed by atoms with van der Waals surface area (Å²) in [4.78, 5) is 9.57. The van der Waals surface area contributed by atoms with Crippen molar-refractivity contribution in [2.45, 2.75) is 32.2 Å². The zero-order valence-electron chi connectivity index (χ0n) is 10.8. The van der Waals surface area contributed by atoms with Gasteiger partial charge in [-0.1, -0.05) is 13.8 Å². The molecule has 2 heterocycles. The lowest BCUT2D eigenvalue weighted by molar-refractivity contribution is 0.472. The van der Waals surface area contributed by atoms with Gasteiger partial charge in [-0.3, -0.25) is 9.97 Å². The molecule has 0 aliphatic carbocycles. The number of pyridine rings is 1. The maximum absolute atomic E-state index is 4.19. The summed E-state index contributed by atoms with van der Waals surface area (Å²) in [5, 5.41) is 3.62. The van der Waals surface area contributed by atoms with Gasteiger partial charge in [0.2, 0.25) is 0 Å². The predicted molar refractivity (Wildman–Crippen MR) is 75.8 cm³/mol. The molecule has 0 saturated carbocycles. The normalized spacial score (nSPS) is 14.3. The monoisotopic (exact) mass is 261 g/mol. The molecule has 2 atom stereocenters. The molecule has 2 aromatic rings. The predicted octanol–water partition coefficient (Wildman–Crippen LogP) is 3.38. The number of nitrogens with one attached hydrogen (secondary N) is 1. The molecule has 0 bridgehead atoms. The van der Waals surface area contributed by atoms with Gasteiger partial charge in [0.15, 0.2) is 0 Å². The lowest BCUT2D eigenvalue weighted by atomic mass is 9.93. The van der Waals surface area contributed by atoms with Crippen molar-refractivity contribution in [2.24, 2.45) is 0 Å². The van der Waals surface area contributed by atoms with Gasteiger partial charge in [0, 0.05) is 35.4 Å². The van der Waals surface area contributed by atoms with Crippen molar-refractivity contribution in [1.29, 1.82) is 0 Å². The van der Waals surface area contributed by atoms with E-state index in [0.717, 1.165) is 13.0 Å². The maximum atomic E-state index is 4.19. The Morgan fingerprint density at radius 1 is 1.28 bits per heavy atom. The van der Waals surface area contributed by atoms with Crippen molar-refractivity contribution >= 4 is 11.3 Å². The van der Waals surface area contributed by atoms with E-state index < -0.39 is 0 Å². The number of aromatic nitrogens is 2. The molecule has 4 heteroatoms. The maximum Gasteiger partial charge on any atom is 0.0794 e. The first kappa shape index (κ1) is 13.2. The van der Waals surface area contributed by atoms with Crippen LogP contribution in [0.1, 0.15) is 42.7 Å². The fourth-order valence-corrected chi connectivity index (χ4v) is 2.86. The first-order valence-corrected chi connectivity index (χ1v) is 7.22. The number of rotatable bonds is 6. The number of hydrogen-bond donors (Lipinski definition) is 1. The van der Waals surface area contributed by atoms with Crippen molar-refractivity contribution < 1.29 is 0 Å². The summed E-state index contributed by atoms with van der Waals surface area (Å²) in [6, 6.07) is 4.51. The van der Waals surface area contributed by atoms with Gasteiger partial charge in [-0.25, -0.2) is 0 Å². The second-order valence-corrected chi connectivity index (χ2v) is 5.32. The first-order valence-electron chi connectivity index (χ1n) is 6.34. The van der Waals surface area contributed by atoms with Crippen molar-refractivity contribution in [3.05, 3.63) is 46.7 Å². The van der Waals surface area contributed by atoms with Crippen LogP contribution < -0.4 is 5.32 Å². The molecular formula is C14H19N3S. The molecule has 2 unspecified atom stereocenters. The Kier molecular flexibility index (Phi) is 4.84. The summed E-state index contributed by atoms with van der Waals surface area (Å²) in [7, 11) is 0. The topological polar surface area (TPSA) is 37.8 Å². The molecule has 0 fully saturated rings. The first-order chi connectivity index (χ1) is 8.83. The third-order valence-corrected chi connectivity index (χ3v) is 3.96. The quantitative estimate of drug-likeness (QED) is 0.866. The molecule has 1 N–H and O–H groups in total. The number of thiazole rings is 1. The van der Waals surface area contributed by atoms with Gasteiger partial charge in [-0.15, -0.1) is 11.3 Å². The number of hydrogen-bond acceptors (Lipinski definition) is 4. The summed E-state index contributed by atoms with van der Waals surface area (Å²) < 4.78 is 0. The Balaban J connectivity index is 2.18. The van der Waals surface area contributed by atoms with Gasteiger partial charge in [0.25, 0.3) is 0 Å². The van der Waals surface area contributed by atoms with Crippen LogP contribution in [0.4, 0.5) is 0 Å². The second kappa shape index (κ2) is 6.61. The molecule has 18 heavy (non-hydrogen) atoms. The van der Waals surface area contributed by atoms with Gasteiger partial charge < -0.3 is 5.32 Å². The molecule has 0 aliphatic rings. The molecule has 0 aromatic carbocycles. The fraction of sp³-hybridized carbons (Fsp3) is 0.429. The summed E-state index contributed by atoms with van der Waals surface area (Å²) in [5.74, 6) is 0.417. The van der Waals surface area contributed by atoms with Gasteiger partial charge in [-0.05, 0) is 30.7 Å². The van der Waals surface area contributed by atoms with Crippen LogP contribution in [0, 0.1) is 0 Å². The van der Waals surface area contributed by atoms with Crippen molar-refractivity contribution in [3.8, 4) is 0 Å². The van der Waals surface area contributed by atoms with Crippen molar-refractivity contribution in [2.75, 3.05) is 6.54 Å². The molecule has 3 nitrogen and oxygen atoms in total. The summed E-state index contributed by atoms with van der Waals surface area (Å²) in [6.45, 7) is 5.47. The van der Waals surface area contributed by atoms with E-state index in [9.17, 15) is 0 Å². The highest BCUT2D eigenvalue weighted by atomic mass is 32.1. The minimum absolute atomic E-state index is 0.333. The molecule has 2 rings (SSSR count). The highest BCUT2D eigenvalue weighted by molar-refractivity contribution is 7.09. The standard InChI is InChI=1S/C14H19N3S/c1-3-6-17-14(13-9-16-10-18-13)11(2)12-4-7-15-8-5-12/h4-5,7-11,14,17H,3,6H2,1-2H3. The van der Waals surface area contributed by atoms with Crippen LogP contribution in [0.3, 0.4) is 0 Å². The molecular weight excluding hydrogens is 242 g/mol. The zero-order chi connectivity index (χ0) is 12.8. The van der Waals surface area contributed by atoms with E-state index >= 15 is 0 Å². The Bertz CT molecular complexity index is 441. The summed E-state index contributed by atoms with van der Waals surface area (Å²) in [5.41, 5.74) is 3.21. The molecule has 96 valence electrons. The van der Waals surface area contributed by atoms with Crippen molar-refractivity contribution in [1.82, 2.24) is 15.3 Å². The number of nitrogens with zero attached hydrogens (tertiary/aromatic N) is 2. The second-order valence-electron chi connectivity index (χ2n) is 4.40. The molecule has 0 radical (unpaired) electrons. The van der Waals surface area contributed by atoms with Crippen LogP contribution in [0.5, 0.6) is 0 Å². The highest BCUT2D eigenvalue weighted by Crippen LogP contribution is 2.32. The van der Waals surface area contributed by atoms with E-state index in [4.69, 9.17) is 0 Å².